The molecule has 8 nitrogen and oxygen atoms in total. The van der Waals surface area contributed by atoms with E-state index in [4.69, 9.17) is 9.47 Å². The molecule has 0 unspecified atom stereocenters. The van der Waals surface area contributed by atoms with Crippen molar-refractivity contribution in [2.45, 2.75) is 24.4 Å². The predicted octanol–water partition coefficient (Wildman–Crippen LogP) is 3.38. The van der Waals surface area contributed by atoms with Crippen LogP contribution in [0, 0.1) is 10.1 Å². The maximum absolute atomic E-state index is 13.2. The minimum Gasteiger partial charge on any atom is -0.492 e. The Labute approximate surface area is 182 Å². The van der Waals surface area contributed by atoms with Crippen LogP contribution in [0.5, 0.6) is 11.5 Å². The number of benzene rings is 2. The van der Waals surface area contributed by atoms with E-state index in [1.165, 1.54) is 0 Å². The summed E-state index contributed by atoms with van der Waals surface area (Å²) in [7, 11) is 3.31. The third kappa shape index (κ3) is 2.79. The van der Waals surface area contributed by atoms with Gasteiger partial charge in [0.15, 0.2) is 17.0 Å². The van der Waals surface area contributed by atoms with Gasteiger partial charge in [-0.3, -0.25) is 19.8 Å². The van der Waals surface area contributed by atoms with Gasteiger partial charge in [-0.15, -0.1) is 0 Å². The van der Waals surface area contributed by atoms with Crippen LogP contribution in [0.3, 0.4) is 0 Å². The molecule has 1 N–H and O–H groups in total. The average Bonchev–Trinajstić information content (AvgIpc) is 3.18. The van der Waals surface area contributed by atoms with Gasteiger partial charge in [0.05, 0.1) is 24.1 Å². The number of rotatable bonds is 5. The van der Waals surface area contributed by atoms with Gasteiger partial charge in [-0.05, 0) is 53.7 Å². The predicted molar refractivity (Wildman–Crippen MR) is 115 cm³/mol. The highest BCUT2D eigenvalue weighted by atomic mass is 79.9. The molecule has 1 fully saturated rings. The fourth-order valence-corrected chi connectivity index (χ4v) is 5.46. The van der Waals surface area contributed by atoms with E-state index in [0.717, 1.165) is 0 Å². The highest BCUT2D eigenvalue weighted by Gasteiger charge is 2.68. The number of hydrogen-bond acceptors (Lipinski definition) is 6. The molecule has 2 aliphatic heterocycles. The van der Waals surface area contributed by atoms with Gasteiger partial charge in [-0.1, -0.05) is 18.2 Å². The molecule has 9 heteroatoms. The van der Waals surface area contributed by atoms with Crippen molar-refractivity contribution in [1.29, 1.82) is 0 Å². The van der Waals surface area contributed by atoms with Crippen LogP contribution in [0.1, 0.15) is 24.0 Å². The number of carbonyl (C=O) groups is 1. The zero-order chi connectivity index (χ0) is 21.6. The number of nitrogens with zero attached hydrogens (tertiary/aromatic N) is 2. The zero-order valence-electron chi connectivity index (χ0n) is 16.8. The van der Waals surface area contributed by atoms with E-state index < -0.39 is 17.5 Å². The Kier molecular flexibility index (Phi) is 5.19. The van der Waals surface area contributed by atoms with Crippen LogP contribution in [0.25, 0.3) is 0 Å². The summed E-state index contributed by atoms with van der Waals surface area (Å²) in [5.74, 6) is 0.144. The molecule has 2 aromatic carbocycles. The average molecular weight is 476 g/mol. The minimum atomic E-state index is -1.37. The van der Waals surface area contributed by atoms with Gasteiger partial charge in [-0.25, -0.2) is 0 Å². The third-order valence-corrected chi connectivity index (χ3v) is 6.59. The van der Waals surface area contributed by atoms with E-state index in [0.29, 0.717) is 45.9 Å². The summed E-state index contributed by atoms with van der Waals surface area (Å²) >= 11 is 3.49. The standard InChI is InChI=1S/C21H22BrN3O5/c1-4-30-17-10-12(9-15(22)18(17)29-3)13-11-24(2)21(19(13)25(27)28)14-7-5-6-8-16(14)23-20(21)26/h5-10,13,19H,4,11H2,1-3H3,(H,23,26)/t13-,19+,21+/m0/s1. The number of amides is 1. The summed E-state index contributed by atoms with van der Waals surface area (Å²) in [5.41, 5.74) is 0.601. The molecule has 158 valence electrons. The molecule has 1 saturated heterocycles. The molecule has 2 heterocycles. The van der Waals surface area contributed by atoms with Crippen LogP contribution in [-0.4, -0.2) is 49.1 Å². The Bertz CT molecular complexity index is 1030. The topological polar surface area (TPSA) is 93.9 Å². The monoisotopic (exact) mass is 475 g/mol. The summed E-state index contributed by atoms with van der Waals surface area (Å²) in [6.07, 6.45) is 0. The Balaban J connectivity index is 1.88. The van der Waals surface area contributed by atoms with E-state index in [1.807, 2.05) is 13.0 Å². The molecule has 2 aliphatic rings. The summed E-state index contributed by atoms with van der Waals surface area (Å²) in [6, 6.07) is 9.60. The zero-order valence-corrected chi connectivity index (χ0v) is 18.4. The van der Waals surface area contributed by atoms with Crippen molar-refractivity contribution in [2.75, 3.05) is 32.6 Å². The maximum atomic E-state index is 13.2. The van der Waals surface area contributed by atoms with Crippen LogP contribution >= 0.6 is 15.9 Å². The van der Waals surface area contributed by atoms with Crippen molar-refractivity contribution in [3.63, 3.8) is 0 Å². The van der Waals surface area contributed by atoms with Crippen molar-refractivity contribution in [1.82, 2.24) is 4.90 Å². The van der Waals surface area contributed by atoms with Crippen LogP contribution in [0.15, 0.2) is 40.9 Å². The molecule has 0 aromatic heterocycles. The largest absolute Gasteiger partial charge is 0.492 e. The lowest BCUT2D eigenvalue weighted by molar-refractivity contribution is -0.534. The number of carbonyl (C=O) groups excluding carboxylic acids is 1. The number of fused-ring (bicyclic) bond motifs is 2. The van der Waals surface area contributed by atoms with Gasteiger partial charge in [0.2, 0.25) is 0 Å². The minimum absolute atomic E-state index is 0.325. The second kappa shape index (κ2) is 7.55. The van der Waals surface area contributed by atoms with Crippen molar-refractivity contribution in [2.24, 2.45) is 0 Å². The molecule has 0 bridgehead atoms. The van der Waals surface area contributed by atoms with Gasteiger partial charge in [0, 0.05) is 22.7 Å². The normalized spacial score (nSPS) is 25.3. The molecule has 30 heavy (non-hydrogen) atoms. The first-order chi connectivity index (χ1) is 14.4. The highest BCUT2D eigenvalue weighted by Crippen LogP contribution is 2.53. The van der Waals surface area contributed by atoms with E-state index >= 15 is 0 Å². The quantitative estimate of drug-likeness (QED) is 0.526. The summed E-state index contributed by atoms with van der Waals surface area (Å²) in [4.78, 5) is 27.1. The molecule has 0 aliphatic carbocycles. The van der Waals surface area contributed by atoms with Gasteiger partial charge in [-0.2, -0.15) is 0 Å². The first-order valence-corrected chi connectivity index (χ1v) is 10.4. The molecule has 1 spiro atoms. The lowest BCUT2D eigenvalue weighted by Gasteiger charge is -2.30. The van der Waals surface area contributed by atoms with Crippen LogP contribution in [-0.2, 0) is 10.3 Å². The van der Waals surface area contributed by atoms with Crippen molar-refractivity contribution < 1.29 is 19.2 Å². The number of para-hydroxylation sites is 1. The molecule has 0 radical (unpaired) electrons. The fraction of sp³-hybridized carbons (Fsp3) is 0.381. The third-order valence-electron chi connectivity index (χ3n) is 6.00. The number of nitro groups is 1. The number of halogens is 1. The Morgan fingerprint density at radius 1 is 1.37 bits per heavy atom. The van der Waals surface area contributed by atoms with E-state index in [-0.39, 0.29) is 10.8 Å². The number of ether oxygens (including phenoxy) is 2. The Hall–Kier alpha value is -2.65. The van der Waals surface area contributed by atoms with E-state index in [2.05, 4.69) is 21.2 Å². The number of methoxy groups -OCH3 is 1. The molecule has 4 rings (SSSR count). The lowest BCUT2D eigenvalue weighted by Crippen LogP contribution is -2.54. The summed E-state index contributed by atoms with van der Waals surface area (Å²) < 4.78 is 11.8. The number of hydrogen-bond donors (Lipinski definition) is 1. The number of likely N-dealkylation sites (tertiary alicyclic amines) is 1. The second-order valence-electron chi connectivity index (χ2n) is 7.45. The first kappa shape index (κ1) is 20.6. The van der Waals surface area contributed by atoms with E-state index in [1.54, 1.807) is 49.4 Å². The molecule has 3 atom stereocenters. The van der Waals surface area contributed by atoms with Gasteiger partial charge in [0.1, 0.15) is 0 Å². The molecule has 1 amide bonds. The smallest absolute Gasteiger partial charge is 0.256 e. The SMILES string of the molecule is CCOc1cc([C@@H]2CN(C)[C@@]3(C(=O)Nc4ccccc43)[C@@H]2[N+](=O)[O-])cc(Br)c1OC. The molecule has 0 saturated carbocycles. The van der Waals surface area contributed by atoms with E-state index in [9.17, 15) is 14.9 Å². The van der Waals surface area contributed by atoms with Crippen molar-refractivity contribution in [3.05, 3.63) is 62.1 Å². The molecule has 2 aromatic rings. The van der Waals surface area contributed by atoms with Crippen LogP contribution < -0.4 is 14.8 Å². The van der Waals surface area contributed by atoms with Gasteiger partial charge >= 0.3 is 0 Å². The van der Waals surface area contributed by atoms with Gasteiger partial charge < -0.3 is 14.8 Å². The van der Waals surface area contributed by atoms with Crippen molar-refractivity contribution >= 4 is 27.5 Å². The fourth-order valence-electron chi connectivity index (χ4n) is 4.84. The van der Waals surface area contributed by atoms with Crippen molar-refractivity contribution in [3.8, 4) is 11.5 Å². The molecular weight excluding hydrogens is 454 g/mol. The number of anilines is 1. The lowest BCUT2D eigenvalue weighted by atomic mass is 9.79. The number of likely N-dealkylation sites (N-methyl/N-ethyl adjacent to an activating group) is 1. The second-order valence-corrected chi connectivity index (χ2v) is 8.30. The summed E-state index contributed by atoms with van der Waals surface area (Å²) in [6.45, 7) is 2.63. The summed E-state index contributed by atoms with van der Waals surface area (Å²) in [5, 5.41) is 15.2. The van der Waals surface area contributed by atoms with Gasteiger partial charge in [0.25, 0.3) is 11.9 Å². The number of nitrogens with one attached hydrogen (secondary N) is 1. The highest BCUT2D eigenvalue weighted by molar-refractivity contribution is 9.10. The maximum Gasteiger partial charge on any atom is 0.256 e. The van der Waals surface area contributed by atoms with Crippen LogP contribution in [0.4, 0.5) is 5.69 Å². The Morgan fingerprint density at radius 2 is 2.10 bits per heavy atom. The first-order valence-electron chi connectivity index (χ1n) is 9.62. The molecular formula is C21H22BrN3O5. The van der Waals surface area contributed by atoms with Crippen LogP contribution in [0.2, 0.25) is 0 Å². The Morgan fingerprint density at radius 3 is 2.77 bits per heavy atom.